The maximum Gasteiger partial charge on any atom is 0.308 e. The van der Waals surface area contributed by atoms with E-state index in [1.54, 1.807) is 24.3 Å². The van der Waals surface area contributed by atoms with E-state index in [9.17, 15) is 14.7 Å². The number of carboxylic acids is 1. The van der Waals surface area contributed by atoms with E-state index in [1.807, 2.05) is 0 Å². The molecular weight excluding hydrogens is 184 g/mol. The fraction of sp³-hybridized carbons (Fsp3) is 0.200. The van der Waals surface area contributed by atoms with E-state index in [-0.39, 0.29) is 12.2 Å². The summed E-state index contributed by atoms with van der Waals surface area (Å²) >= 11 is 0. The largest absolute Gasteiger partial charge is 0.550 e. The minimum absolute atomic E-state index is 0.260. The van der Waals surface area contributed by atoms with Gasteiger partial charge in [0, 0.05) is 24.9 Å². The summed E-state index contributed by atoms with van der Waals surface area (Å²) in [5, 5.41) is 10.4. The summed E-state index contributed by atoms with van der Waals surface area (Å²) in [6.07, 6.45) is -0.260. The first-order valence-electron chi connectivity index (χ1n) is 4.06. The number of hydrogen-bond donors (Lipinski definition) is 0. The molecule has 14 heavy (non-hydrogen) atoms. The van der Waals surface area contributed by atoms with Crippen molar-refractivity contribution in [2.45, 2.75) is 13.3 Å². The Balaban J connectivity index is 2.90. The van der Waals surface area contributed by atoms with E-state index in [2.05, 4.69) is 0 Å². The molecule has 1 aromatic rings. The summed E-state index contributed by atoms with van der Waals surface area (Å²) < 4.78 is 4.82. The molecule has 0 aliphatic carbocycles. The van der Waals surface area contributed by atoms with Crippen molar-refractivity contribution in [1.82, 2.24) is 0 Å². The third-order valence-corrected chi connectivity index (χ3v) is 1.56. The first-order chi connectivity index (χ1) is 6.59. The smallest absolute Gasteiger partial charge is 0.308 e. The van der Waals surface area contributed by atoms with Crippen molar-refractivity contribution in [2.24, 2.45) is 0 Å². The van der Waals surface area contributed by atoms with Crippen LogP contribution in [0, 0.1) is 0 Å². The highest BCUT2D eigenvalue weighted by Gasteiger charge is 2.04. The Morgan fingerprint density at radius 2 is 2.00 bits per heavy atom. The van der Waals surface area contributed by atoms with Gasteiger partial charge in [-0.25, -0.2) is 0 Å². The summed E-state index contributed by atoms with van der Waals surface area (Å²) in [5.74, 6) is -1.41. The summed E-state index contributed by atoms with van der Waals surface area (Å²) in [6.45, 7) is 1.26. The number of carbonyl (C=O) groups is 2. The van der Waals surface area contributed by atoms with Crippen LogP contribution in [-0.4, -0.2) is 11.9 Å². The number of benzene rings is 1. The highest BCUT2D eigenvalue weighted by atomic mass is 16.5. The number of para-hydroxylation sites is 1. The first kappa shape index (κ1) is 10.2. The number of esters is 1. The molecule has 1 rings (SSSR count). The molecular formula is C10H9O4-. The standard InChI is InChI=1S/C10H10O4/c1-7(11)14-9-5-3-2-4-8(9)6-10(12)13/h2-5H,6H2,1H3,(H,12,13)/p-1. The zero-order chi connectivity index (χ0) is 10.6. The highest BCUT2D eigenvalue weighted by Crippen LogP contribution is 2.18. The Kier molecular flexibility index (Phi) is 3.23. The third kappa shape index (κ3) is 2.90. The average molecular weight is 193 g/mol. The fourth-order valence-corrected chi connectivity index (χ4v) is 1.06. The van der Waals surface area contributed by atoms with Gasteiger partial charge in [0.25, 0.3) is 0 Å². The van der Waals surface area contributed by atoms with E-state index in [0.29, 0.717) is 5.56 Å². The predicted molar refractivity (Wildman–Crippen MR) is 46.5 cm³/mol. The molecule has 4 nitrogen and oxygen atoms in total. The van der Waals surface area contributed by atoms with Gasteiger partial charge in [0.15, 0.2) is 0 Å². The molecule has 0 radical (unpaired) electrons. The summed E-state index contributed by atoms with van der Waals surface area (Å²) in [7, 11) is 0. The summed E-state index contributed by atoms with van der Waals surface area (Å²) in [5.41, 5.74) is 0.433. The van der Waals surface area contributed by atoms with Crippen LogP contribution >= 0.6 is 0 Å². The summed E-state index contributed by atoms with van der Waals surface area (Å²) in [4.78, 5) is 21.0. The van der Waals surface area contributed by atoms with E-state index in [1.165, 1.54) is 6.92 Å². The van der Waals surface area contributed by atoms with Crippen molar-refractivity contribution in [3.8, 4) is 5.75 Å². The van der Waals surface area contributed by atoms with Crippen LogP contribution in [-0.2, 0) is 16.0 Å². The average Bonchev–Trinajstić information content (AvgIpc) is 2.06. The molecule has 0 amide bonds. The van der Waals surface area contributed by atoms with Gasteiger partial charge in [-0.05, 0) is 6.07 Å². The molecule has 0 aliphatic rings. The molecule has 0 atom stereocenters. The van der Waals surface area contributed by atoms with Gasteiger partial charge < -0.3 is 14.6 Å². The van der Waals surface area contributed by atoms with E-state index < -0.39 is 11.9 Å². The van der Waals surface area contributed by atoms with Crippen molar-refractivity contribution >= 4 is 11.9 Å². The lowest BCUT2D eigenvalue weighted by Crippen LogP contribution is -2.24. The van der Waals surface area contributed by atoms with Gasteiger partial charge in [0.1, 0.15) is 5.75 Å². The lowest BCUT2D eigenvalue weighted by atomic mass is 10.1. The zero-order valence-electron chi connectivity index (χ0n) is 7.65. The highest BCUT2D eigenvalue weighted by molar-refractivity contribution is 5.72. The van der Waals surface area contributed by atoms with Gasteiger partial charge in [-0.1, -0.05) is 18.2 Å². The molecule has 0 spiro atoms. The van der Waals surface area contributed by atoms with Crippen LogP contribution in [0.5, 0.6) is 5.75 Å². The molecule has 0 aliphatic heterocycles. The second-order valence-electron chi connectivity index (χ2n) is 2.75. The minimum Gasteiger partial charge on any atom is -0.550 e. The van der Waals surface area contributed by atoms with Crippen LogP contribution in [0.3, 0.4) is 0 Å². The molecule has 4 heteroatoms. The van der Waals surface area contributed by atoms with Gasteiger partial charge in [0.05, 0.1) is 0 Å². The molecule has 74 valence electrons. The normalized spacial score (nSPS) is 9.50. The molecule has 0 N–H and O–H groups in total. The first-order valence-corrected chi connectivity index (χ1v) is 4.06. The van der Waals surface area contributed by atoms with Crippen molar-refractivity contribution in [3.05, 3.63) is 29.8 Å². The van der Waals surface area contributed by atoms with Crippen LogP contribution in [0.25, 0.3) is 0 Å². The Bertz CT molecular complexity index is 322. The van der Waals surface area contributed by atoms with Crippen molar-refractivity contribution in [1.29, 1.82) is 0 Å². The van der Waals surface area contributed by atoms with E-state index in [0.717, 1.165) is 0 Å². The monoisotopic (exact) mass is 193 g/mol. The maximum absolute atomic E-state index is 10.7. The quantitative estimate of drug-likeness (QED) is 0.496. The van der Waals surface area contributed by atoms with E-state index in [4.69, 9.17) is 4.74 Å². The number of carbonyl (C=O) groups excluding carboxylic acids is 2. The van der Waals surface area contributed by atoms with Gasteiger partial charge in [-0.2, -0.15) is 0 Å². The number of ether oxygens (including phenoxy) is 1. The molecule has 0 heterocycles. The Hall–Kier alpha value is -1.84. The van der Waals surface area contributed by atoms with Crippen LogP contribution in [0.1, 0.15) is 12.5 Å². The van der Waals surface area contributed by atoms with Gasteiger partial charge in [0.2, 0.25) is 0 Å². The second-order valence-corrected chi connectivity index (χ2v) is 2.75. The molecule has 0 unspecified atom stereocenters. The lowest BCUT2D eigenvalue weighted by molar-refractivity contribution is -0.304. The third-order valence-electron chi connectivity index (χ3n) is 1.56. The molecule has 0 bridgehead atoms. The number of aliphatic carboxylic acids is 1. The Morgan fingerprint density at radius 3 is 2.57 bits per heavy atom. The van der Waals surface area contributed by atoms with Gasteiger partial charge in [-0.3, -0.25) is 4.79 Å². The van der Waals surface area contributed by atoms with Crippen molar-refractivity contribution < 1.29 is 19.4 Å². The van der Waals surface area contributed by atoms with Crippen LogP contribution in [0.4, 0.5) is 0 Å². The molecule has 1 aromatic carbocycles. The predicted octanol–water partition coefficient (Wildman–Crippen LogP) is -0.0957. The van der Waals surface area contributed by atoms with Gasteiger partial charge in [-0.15, -0.1) is 0 Å². The molecule has 0 aromatic heterocycles. The minimum atomic E-state index is -1.20. The lowest BCUT2D eigenvalue weighted by Gasteiger charge is -2.08. The SMILES string of the molecule is CC(=O)Oc1ccccc1CC(=O)[O-]. The second kappa shape index (κ2) is 4.41. The maximum atomic E-state index is 10.7. The number of rotatable bonds is 3. The number of carboxylic acid groups (broad SMARTS) is 1. The fourth-order valence-electron chi connectivity index (χ4n) is 1.06. The summed E-state index contributed by atoms with van der Waals surface area (Å²) in [6, 6.07) is 6.45. The van der Waals surface area contributed by atoms with Crippen LogP contribution in [0.15, 0.2) is 24.3 Å². The van der Waals surface area contributed by atoms with Gasteiger partial charge >= 0.3 is 5.97 Å². The van der Waals surface area contributed by atoms with Crippen LogP contribution in [0.2, 0.25) is 0 Å². The van der Waals surface area contributed by atoms with E-state index >= 15 is 0 Å². The van der Waals surface area contributed by atoms with Crippen molar-refractivity contribution in [2.75, 3.05) is 0 Å². The van der Waals surface area contributed by atoms with Crippen molar-refractivity contribution in [3.63, 3.8) is 0 Å². The Morgan fingerprint density at radius 1 is 1.36 bits per heavy atom. The van der Waals surface area contributed by atoms with Crippen LogP contribution < -0.4 is 9.84 Å². The molecule has 0 saturated heterocycles. The number of hydrogen-bond acceptors (Lipinski definition) is 4. The topological polar surface area (TPSA) is 66.4 Å². The zero-order valence-corrected chi connectivity index (χ0v) is 7.65. The Labute approximate surface area is 81.1 Å². The molecule has 0 saturated carbocycles. The molecule has 0 fully saturated rings.